The summed E-state index contributed by atoms with van der Waals surface area (Å²) in [4.78, 5) is 16.4. The first-order chi connectivity index (χ1) is 16.6. The molecule has 4 rings (SSSR count). The summed E-state index contributed by atoms with van der Waals surface area (Å²) >= 11 is 7.20. The number of benzene rings is 2. The van der Waals surface area contributed by atoms with Crippen LogP contribution in [-0.4, -0.2) is 37.3 Å². The molecule has 3 aromatic rings. The Morgan fingerprint density at radius 3 is 1.88 bits per heavy atom. The smallest absolute Gasteiger partial charge is 0.233 e. The van der Waals surface area contributed by atoms with Crippen LogP contribution in [-0.2, 0) is 12.8 Å². The number of likely N-dealkylation sites (tertiary alicyclic amines) is 1. The molecule has 1 aliphatic rings. The molecular weight excluding hydrogens is 460 g/mol. The molecule has 0 atom stereocenters. The predicted octanol–water partition coefficient (Wildman–Crippen LogP) is 6.59. The lowest BCUT2D eigenvalue weighted by atomic mass is 10.00. The minimum absolute atomic E-state index is 0.505. The van der Waals surface area contributed by atoms with Crippen LogP contribution in [0.1, 0.15) is 44.7 Å². The number of hydrogen-bond acceptors (Lipinski definition) is 7. The summed E-state index contributed by atoms with van der Waals surface area (Å²) in [5.41, 5.74) is 4.42. The molecular formula is C26H32N6S2. The molecule has 178 valence electrons. The number of nitrogens with zero attached hydrogens (tertiary/aromatic N) is 4. The molecule has 1 fully saturated rings. The van der Waals surface area contributed by atoms with Crippen LogP contribution >= 0.6 is 24.0 Å². The van der Waals surface area contributed by atoms with E-state index in [0.29, 0.717) is 17.1 Å². The standard InChI is InChI=1S/C26H32N6S2/c1-4-19-10-6-8-12-21(19)27-23-29-24(28-22-13-9-7-11-20(22)5-2)31-25(30-23)34-26(33)32-16-14-18(3)15-17-32/h6-13,18H,4-5,14-17H2,1-3H3,(H2,27,28,29,30,31). The van der Waals surface area contributed by atoms with Crippen LogP contribution in [0.2, 0.25) is 0 Å². The second kappa shape index (κ2) is 11.6. The Bertz CT molecular complexity index is 1060. The third kappa shape index (κ3) is 6.24. The first kappa shape index (κ1) is 24.4. The summed E-state index contributed by atoms with van der Waals surface area (Å²) in [6.45, 7) is 8.56. The van der Waals surface area contributed by atoms with Crippen molar-refractivity contribution in [3.05, 3.63) is 59.7 Å². The van der Waals surface area contributed by atoms with Crippen molar-refractivity contribution in [1.82, 2.24) is 19.9 Å². The fourth-order valence-corrected chi connectivity index (χ4v) is 5.13. The molecule has 6 nitrogen and oxygen atoms in total. The van der Waals surface area contributed by atoms with Crippen molar-refractivity contribution in [3.63, 3.8) is 0 Å². The summed E-state index contributed by atoms with van der Waals surface area (Å²) < 4.78 is 0.818. The number of rotatable bonds is 7. The quantitative estimate of drug-likeness (QED) is 0.283. The summed E-state index contributed by atoms with van der Waals surface area (Å²) in [6.07, 6.45) is 4.17. The van der Waals surface area contributed by atoms with E-state index in [0.717, 1.165) is 47.5 Å². The average Bonchev–Trinajstić information content (AvgIpc) is 2.85. The maximum atomic E-state index is 5.77. The molecule has 2 aromatic carbocycles. The number of hydrogen-bond donors (Lipinski definition) is 2. The predicted molar refractivity (Wildman–Crippen MR) is 146 cm³/mol. The largest absolute Gasteiger partial charge is 0.357 e. The molecule has 0 spiro atoms. The minimum atomic E-state index is 0.505. The molecule has 1 aromatic heterocycles. The van der Waals surface area contributed by atoms with Crippen molar-refractivity contribution in [2.24, 2.45) is 5.92 Å². The topological polar surface area (TPSA) is 66.0 Å². The number of piperidine rings is 1. The molecule has 0 aliphatic carbocycles. The molecule has 0 radical (unpaired) electrons. The van der Waals surface area contributed by atoms with Crippen LogP contribution < -0.4 is 10.6 Å². The molecule has 0 unspecified atom stereocenters. The van der Waals surface area contributed by atoms with E-state index in [1.165, 1.54) is 35.7 Å². The van der Waals surface area contributed by atoms with Gasteiger partial charge in [-0.25, -0.2) is 0 Å². The zero-order valence-electron chi connectivity index (χ0n) is 20.0. The molecule has 0 amide bonds. The second-order valence-corrected chi connectivity index (χ2v) is 10.2. The molecule has 1 saturated heterocycles. The van der Waals surface area contributed by atoms with Crippen molar-refractivity contribution in [1.29, 1.82) is 0 Å². The van der Waals surface area contributed by atoms with Crippen LogP contribution in [0.4, 0.5) is 23.3 Å². The lowest BCUT2D eigenvalue weighted by molar-refractivity contribution is 0.287. The number of nitrogens with one attached hydrogen (secondary N) is 2. The van der Waals surface area contributed by atoms with Crippen molar-refractivity contribution < 1.29 is 0 Å². The highest BCUT2D eigenvalue weighted by molar-refractivity contribution is 8.22. The first-order valence-corrected chi connectivity index (χ1v) is 13.2. The number of aryl methyl sites for hydroxylation is 2. The van der Waals surface area contributed by atoms with Crippen LogP contribution in [0.3, 0.4) is 0 Å². The van der Waals surface area contributed by atoms with Gasteiger partial charge < -0.3 is 15.5 Å². The Labute approximate surface area is 212 Å². The Morgan fingerprint density at radius 1 is 0.882 bits per heavy atom. The van der Waals surface area contributed by atoms with E-state index in [4.69, 9.17) is 22.2 Å². The lowest BCUT2D eigenvalue weighted by Crippen LogP contribution is -2.35. The van der Waals surface area contributed by atoms with Gasteiger partial charge in [0.2, 0.25) is 17.1 Å². The van der Waals surface area contributed by atoms with Gasteiger partial charge in [-0.05, 0) is 66.6 Å². The summed E-state index contributed by atoms with van der Waals surface area (Å²) in [6, 6.07) is 16.5. The zero-order chi connectivity index (χ0) is 23.9. The third-order valence-electron chi connectivity index (χ3n) is 6.12. The SMILES string of the molecule is CCc1ccccc1Nc1nc(Nc2ccccc2CC)nc(SC(=S)N2CCC(C)CC2)n1. The van der Waals surface area contributed by atoms with Crippen LogP contribution in [0.5, 0.6) is 0 Å². The Balaban J connectivity index is 1.62. The Hall–Kier alpha value is -2.71. The van der Waals surface area contributed by atoms with Crippen LogP contribution in [0.15, 0.2) is 53.7 Å². The van der Waals surface area contributed by atoms with E-state index in [1.54, 1.807) is 0 Å². The van der Waals surface area contributed by atoms with Gasteiger partial charge >= 0.3 is 0 Å². The van der Waals surface area contributed by atoms with E-state index >= 15 is 0 Å². The van der Waals surface area contributed by atoms with Crippen LogP contribution in [0.25, 0.3) is 0 Å². The highest BCUT2D eigenvalue weighted by atomic mass is 32.2. The summed E-state index contributed by atoms with van der Waals surface area (Å²) in [5.74, 6) is 1.76. The van der Waals surface area contributed by atoms with Gasteiger partial charge in [0.1, 0.15) is 4.32 Å². The fraction of sp³-hybridized carbons (Fsp3) is 0.385. The maximum absolute atomic E-state index is 5.77. The van der Waals surface area contributed by atoms with E-state index < -0.39 is 0 Å². The molecule has 0 saturated carbocycles. The molecule has 2 heterocycles. The van der Waals surface area contributed by atoms with Gasteiger partial charge in [-0.1, -0.05) is 69.4 Å². The van der Waals surface area contributed by atoms with Crippen LogP contribution in [0, 0.1) is 5.92 Å². The molecule has 2 N–H and O–H groups in total. The molecule has 8 heteroatoms. The molecule has 0 bridgehead atoms. The van der Waals surface area contributed by atoms with Gasteiger partial charge in [-0.15, -0.1) is 0 Å². The monoisotopic (exact) mass is 492 g/mol. The van der Waals surface area contributed by atoms with Gasteiger partial charge in [0, 0.05) is 24.5 Å². The number of thiocarbonyl (C=S) groups is 1. The number of aromatic nitrogens is 3. The summed E-state index contributed by atoms with van der Waals surface area (Å²) in [5, 5.41) is 7.40. The zero-order valence-corrected chi connectivity index (χ0v) is 21.7. The Kier molecular flexibility index (Phi) is 8.34. The maximum Gasteiger partial charge on any atom is 0.233 e. The van der Waals surface area contributed by atoms with E-state index in [9.17, 15) is 0 Å². The van der Waals surface area contributed by atoms with E-state index in [-0.39, 0.29) is 0 Å². The minimum Gasteiger partial charge on any atom is -0.357 e. The van der Waals surface area contributed by atoms with Gasteiger partial charge in [-0.3, -0.25) is 0 Å². The third-order valence-corrected chi connectivity index (χ3v) is 7.43. The lowest BCUT2D eigenvalue weighted by Gasteiger charge is -2.31. The molecule has 34 heavy (non-hydrogen) atoms. The van der Waals surface area contributed by atoms with Gasteiger partial charge in [0.25, 0.3) is 0 Å². The normalized spacial score (nSPS) is 14.1. The first-order valence-electron chi connectivity index (χ1n) is 12.0. The Morgan fingerprint density at radius 2 is 1.38 bits per heavy atom. The van der Waals surface area contributed by atoms with Crippen molar-refractivity contribution in [2.45, 2.75) is 51.6 Å². The fourth-order valence-electron chi connectivity index (χ4n) is 3.99. The van der Waals surface area contributed by atoms with E-state index in [2.05, 4.69) is 65.6 Å². The number of para-hydroxylation sites is 2. The van der Waals surface area contributed by atoms with Crippen molar-refractivity contribution in [2.75, 3.05) is 23.7 Å². The second-order valence-electron chi connectivity index (χ2n) is 8.57. The van der Waals surface area contributed by atoms with Crippen molar-refractivity contribution >= 4 is 51.6 Å². The summed E-state index contributed by atoms with van der Waals surface area (Å²) in [7, 11) is 0. The van der Waals surface area contributed by atoms with Crippen molar-refractivity contribution in [3.8, 4) is 0 Å². The van der Waals surface area contributed by atoms with Gasteiger partial charge in [-0.2, -0.15) is 15.0 Å². The van der Waals surface area contributed by atoms with Gasteiger partial charge in [0.15, 0.2) is 0 Å². The highest BCUT2D eigenvalue weighted by Gasteiger charge is 2.20. The highest BCUT2D eigenvalue weighted by Crippen LogP contribution is 2.27. The van der Waals surface area contributed by atoms with E-state index in [1.807, 2.05) is 24.3 Å². The number of thioether (sulfide) groups is 1. The average molecular weight is 493 g/mol. The number of anilines is 4. The van der Waals surface area contributed by atoms with Gasteiger partial charge in [0.05, 0.1) is 0 Å². The molecule has 1 aliphatic heterocycles.